The van der Waals surface area contributed by atoms with E-state index in [0.717, 1.165) is 0 Å². The van der Waals surface area contributed by atoms with Gasteiger partial charge >= 0.3 is 0 Å². The van der Waals surface area contributed by atoms with Gasteiger partial charge in [-0.2, -0.15) is 4.31 Å². The van der Waals surface area contributed by atoms with Gasteiger partial charge in [0.25, 0.3) is 5.91 Å². The SMILES string of the molecule is COc1ccc(CNC(=O)c2cc(S(=O)(=O)N3CCOCC3)ccc2OC)cc1F. The summed E-state index contributed by atoms with van der Waals surface area (Å²) >= 11 is 0. The van der Waals surface area contributed by atoms with E-state index in [2.05, 4.69) is 5.32 Å². The molecule has 2 aromatic rings. The molecule has 3 rings (SSSR count). The maximum Gasteiger partial charge on any atom is 0.255 e. The maximum atomic E-state index is 13.8. The summed E-state index contributed by atoms with van der Waals surface area (Å²) in [6.45, 7) is 1.18. The normalized spacial score (nSPS) is 14.9. The number of hydrogen-bond acceptors (Lipinski definition) is 6. The lowest BCUT2D eigenvalue weighted by molar-refractivity contribution is 0.0730. The third-order valence-corrected chi connectivity index (χ3v) is 6.59. The molecule has 8 nitrogen and oxygen atoms in total. The van der Waals surface area contributed by atoms with E-state index >= 15 is 0 Å². The molecule has 1 saturated heterocycles. The number of halogens is 1. The van der Waals surface area contributed by atoms with Gasteiger partial charge in [0.2, 0.25) is 10.0 Å². The molecule has 0 atom stereocenters. The zero-order valence-electron chi connectivity index (χ0n) is 16.7. The van der Waals surface area contributed by atoms with E-state index in [1.165, 1.54) is 48.9 Å². The van der Waals surface area contributed by atoms with E-state index in [4.69, 9.17) is 14.2 Å². The van der Waals surface area contributed by atoms with Gasteiger partial charge in [0.15, 0.2) is 11.6 Å². The molecule has 0 aliphatic carbocycles. The first-order chi connectivity index (χ1) is 14.4. The first-order valence-corrected chi connectivity index (χ1v) is 10.7. The van der Waals surface area contributed by atoms with Crippen LogP contribution in [0.15, 0.2) is 41.3 Å². The Labute approximate surface area is 174 Å². The van der Waals surface area contributed by atoms with Crippen LogP contribution in [-0.4, -0.2) is 59.2 Å². The summed E-state index contributed by atoms with van der Waals surface area (Å²) in [5.74, 6) is -0.746. The molecule has 1 fully saturated rings. The number of benzene rings is 2. The largest absolute Gasteiger partial charge is 0.496 e. The number of nitrogens with one attached hydrogen (secondary N) is 1. The quantitative estimate of drug-likeness (QED) is 0.709. The fraction of sp³-hybridized carbons (Fsp3) is 0.350. The molecule has 0 saturated carbocycles. The van der Waals surface area contributed by atoms with Crippen molar-refractivity contribution in [3.8, 4) is 11.5 Å². The monoisotopic (exact) mass is 438 g/mol. The summed E-state index contributed by atoms with van der Waals surface area (Å²) in [5.41, 5.74) is 0.596. The molecule has 30 heavy (non-hydrogen) atoms. The Morgan fingerprint density at radius 2 is 1.77 bits per heavy atom. The molecule has 10 heteroatoms. The molecular weight excluding hydrogens is 415 g/mol. The van der Waals surface area contributed by atoms with Crippen molar-refractivity contribution in [1.29, 1.82) is 0 Å². The van der Waals surface area contributed by atoms with Crippen LogP contribution in [0, 0.1) is 5.82 Å². The van der Waals surface area contributed by atoms with Gasteiger partial charge in [-0.25, -0.2) is 12.8 Å². The van der Waals surface area contributed by atoms with Gasteiger partial charge < -0.3 is 19.5 Å². The van der Waals surface area contributed by atoms with Crippen molar-refractivity contribution in [1.82, 2.24) is 9.62 Å². The van der Waals surface area contributed by atoms with Gasteiger partial charge in [-0.1, -0.05) is 6.07 Å². The van der Waals surface area contributed by atoms with Gasteiger partial charge in [0.1, 0.15) is 5.75 Å². The number of sulfonamides is 1. The van der Waals surface area contributed by atoms with E-state index in [1.807, 2.05) is 0 Å². The van der Waals surface area contributed by atoms with Crippen molar-refractivity contribution in [3.63, 3.8) is 0 Å². The number of hydrogen-bond donors (Lipinski definition) is 1. The Hall–Kier alpha value is -2.69. The maximum absolute atomic E-state index is 13.8. The molecule has 2 aromatic carbocycles. The van der Waals surface area contributed by atoms with Crippen LogP contribution >= 0.6 is 0 Å². The topological polar surface area (TPSA) is 94.2 Å². The number of ether oxygens (including phenoxy) is 3. The Morgan fingerprint density at radius 1 is 1.10 bits per heavy atom. The zero-order valence-corrected chi connectivity index (χ0v) is 17.5. The second-order valence-corrected chi connectivity index (χ2v) is 8.47. The highest BCUT2D eigenvalue weighted by molar-refractivity contribution is 7.89. The summed E-state index contributed by atoms with van der Waals surface area (Å²) < 4.78 is 56.2. The molecule has 1 N–H and O–H groups in total. The highest BCUT2D eigenvalue weighted by Gasteiger charge is 2.28. The van der Waals surface area contributed by atoms with E-state index in [1.54, 1.807) is 6.07 Å². The third-order valence-electron chi connectivity index (χ3n) is 4.69. The lowest BCUT2D eigenvalue weighted by Crippen LogP contribution is -2.40. The molecule has 0 unspecified atom stereocenters. The number of carbonyl (C=O) groups excluding carboxylic acids is 1. The van der Waals surface area contributed by atoms with Crippen LogP contribution in [-0.2, 0) is 21.3 Å². The number of morpholine rings is 1. The average molecular weight is 438 g/mol. The highest BCUT2D eigenvalue weighted by atomic mass is 32.2. The molecule has 0 spiro atoms. The fourth-order valence-corrected chi connectivity index (χ4v) is 4.49. The van der Waals surface area contributed by atoms with Gasteiger partial charge in [-0.15, -0.1) is 0 Å². The first kappa shape index (κ1) is 22.0. The number of rotatable bonds is 7. The summed E-state index contributed by atoms with van der Waals surface area (Å²) in [4.78, 5) is 12.7. The van der Waals surface area contributed by atoms with Crippen LogP contribution in [0.2, 0.25) is 0 Å². The van der Waals surface area contributed by atoms with Crippen LogP contribution in [0.3, 0.4) is 0 Å². The smallest absolute Gasteiger partial charge is 0.255 e. The first-order valence-electron chi connectivity index (χ1n) is 9.23. The van der Waals surface area contributed by atoms with Gasteiger partial charge in [0.05, 0.1) is 37.9 Å². The molecule has 1 aliphatic rings. The molecular formula is C20H23FN2O6S. The van der Waals surface area contributed by atoms with E-state index in [0.29, 0.717) is 18.8 Å². The van der Waals surface area contributed by atoms with Crippen molar-refractivity contribution in [2.75, 3.05) is 40.5 Å². The predicted octanol–water partition coefficient (Wildman–Crippen LogP) is 1.79. The van der Waals surface area contributed by atoms with Crippen molar-refractivity contribution >= 4 is 15.9 Å². The third kappa shape index (κ3) is 4.72. The number of carbonyl (C=O) groups is 1. The lowest BCUT2D eigenvalue weighted by atomic mass is 10.1. The summed E-state index contributed by atoms with van der Waals surface area (Å²) in [6, 6.07) is 8.48. The van der Waals surface area contributed by atoms with Crippen molar-refractivity contribution in [2.45, 2.75) is 11.4 Å². The predicted molar refractivity (Wildman–Crippen MR) is 107 cm³/mol. The zero-order chi connectivity index (χ0) is 21.7. The van der Waals surface area contributed by atoms with Crippen LogP contribution in [0.4, 0.5) is 4.39 Å². The second-order valence-electron chi connectivity index (χ2n) is 6.53. The minimum Gasteiger partial charge on any atom is -0.496 e. The Morgan fingerprint density at radius 3 is 2.40 bits per heavy atom. The Balaban J connectivity index is 1.80. The second kappa shape index (κ2) is 9.41. The van der Waals surface area contributed by atoms with Crippen LogP contribution < -0.4 is 14.8 Å². The van der Waals surface area contributed by atoms with Crippen LogP contribution in [0.25, 0.3) is 0 Å². The van der Waals surface area contributed by atoms with Gasteiger partial charge in [-0.05, 0) is 35.9 Å². The molecule has 0 bridgehead atoms. The fourth-order valence-electron chi connectivity index (χ4n) is 3.06. The van der Waals surface area contributed by atoms with Gasteiger partial charge in [0, 0.05) is 19.6 Å². The average Bonchev–Trinajstić information content (AvgIpc) is 2.77. The molecule has 1 heterocycles. The molecule has 162 valence electrons. The molecule has 0 aromatic heterocycles. The highest BCUT2D eigenvalue weighted by Crippen LogP contribution is 2.25. The molecule has 1 amide bonds. The van der Waals surface area contributed by atoms with Crippen molar-refractivity contribution in [2.24, 2.45) is 0 Å². The Kier molecular flexibility index (Phi) is 6.91. The van der Waals surface area contributed by atoms with Gasteiger partial charge in [-0.3, -0.25) is 4.79 Å². The number of methoxy groups -OCH3 is 2. The summed E-state index contributed by atoms with van der Waals surface area (Å²) in [6.07, 6.45) is 0. The minimum atomic E-state index is -3.77. The molecule has 1 aliphatic heterocycles. The lowest BCUT2D eigenvalue weighted by Gasteiger charge is -2.26. The van der Waals surface area contributed by atoms with Crippen LogP contribution in [0.1, 0.15) is 15.9 Å². The number of amides is 1. The Bertz CT molecular complexity index is 1020. The van der Waals surface area contributed by atoms with E-state index in [-0.39, 0.29) is 41.6 Å². The minimum absolute atomic E-state index is 0.00848. The number of nitrogens with zero attached hydrogens (tertiary/aromatic N) is 1. The summed E-state index contributed by atoms with van der Waals surface area (Å²) in [5, 5.41) is 2.66. The van der Waals surface area contributed by atoms with Crippen LogP contribution in [0.5, 0.6) is 11.5 Å². The van der Waals surface area contributed by atoms with Crippen molar-refractivity contribution < 1.29 is 31.8 Å². The standard InChI is InChI=1S/C20H23FN2O6S/c1-27-18-6-4-15(30(25,26)23-7-9-29-10-8-23)12-16(18)20(24)22-13-14-3-5-19(28-2)17(21)11-14/h3-6,11-12H,7-10,13H2,1-2H3,(H,22,24). The molecule has 0 radical (unpaired) electrons. The van der Waals surface area contributed by atoms with E-state index < -0.39 is 21.7 Å². The van der Waals surface area contributed by atoms with Crippen molar-refractivity contribution in [3.05, 3.63) is 53.3 Å². The van der Waals surface area contributed by atoms with E-state index in [9.17, 15) is 17.6 Å². The summed E-state index contributed by atoms with van der Waals surface area (Å²) in [7, 11) is -1.01.